The highest BCUT2D eigenvalue weighted by atomic mass is 19.1. The Hall–Kier alpha value is -2.68. The van der Waals surface area contributed by atoms with Crippen LogP contribution in [-0.2, 0) is 14.3 Å². The number of hydrogen-bond acceptors (Lipinski definition) is 5. The molecule has 0 fully saturated rings. The molecule has 2 atom stereocenters. The highest BCUT2D eigenvalue weighted by Crippen LogP contribution is 2.40. The molecule has 6 heteroatoms. The molecule has 0 amide bonds. The van der Waals surface area contributed by atoms with Gasteiger partial charge in [0.1, 0.15) is 17.5 Å². The first kappa shape index (κ1) is 14.7. The number of hydrogen-bond donors (Lipinski definition) is 1. The molecule has 1 aliphatic rings. The molecule has 108 valence electrons. The van der Waals surface area contributed by atoms with Crippen LogP contribution in [0.3, 0.4) is 0 Å². The predicted octanol–water partition coefficient (Wildman–Crippen LogP) is 2.50. The van der Waals surface area contributed by atoms with Crippen LogP contribution in [0.4, 0.5) is 4.39 Å². The van der Waals surface area contributed by atoms with Crippen LogP contribution in [0, 0.1) is 28.5 Å². The molecule has 0 saturated heterocycles. The minimum atomic E-state index is -1.08. The summed E-state index contributed by atoms with van der Waals surface area (Å²) in [5.74, 6) is -3.42. The number of allylic oxidation sites excluding steroid dienone is 1. The van der Waals surface area contributed by atoms with Crippen molar-refractivity contribution in [2.24, 2.45) is 5.92 Å². The number of nitrogens with one attached hydrogen (secondary N) is 1. The van der Waals surface area contributed by atoms with Gasteiger partial charge in [0.25, 0.3) is 0 Å². The topological polar surface area (TPSA) is 83.2 Å². The van der Waals surface area contributed by atoms with Gasteiger partial charge in [0.05, 0.1) is 18.8 Å². The number of methoxy groups -OCH3 is 1. The third kappa shape index (κ3) is 2.50. The summed E-state index contributed by atoms with van der Waals surface area (Å²) in [6, 6.07) is 7.75. The van der Waals surface area contributed by atoms with Gasteiger partial charge in [0, 0.05) is 5.92 Å². The highest BCUT2D eigenvalue weighted by Gasteiger charge is 2.42. The SMILES string of the molecule is COC(=O)C1=C(C)OC(=N)C(C#N)C1c1ccccc1F. The van der Waals surface area contributed by atoms with E-state index in [0.717, 1.165) is 0 Å². The summed E-state index contributed by atoms with van der Waals surface area (Å²) in [5.41, 5.74) is 0.224. The summed E-state index contributed by atoms with van der Waals surface area (Å²) in [4.78, 5) is 12.0. The molecule has 0 bridgehead atoms. The molecule has 2 rings (SSSR count). The number of halogens is 1. The van der Waals surface area contributed by atoms with E-state index < -0.39 is 23.6 Å². The lowest BCUT2D eigenvalue weighted by molar-refractivity contribution is -0.136. The second-order valence-corrected chi connectivity index (χ2v) is 4.53. The average Bonchev–Trinajstić information content (AvgIpc) is 2.46. The van der Waals surface area contributed by atoms with Crippen molar-refractivity contribution in [3.8, 4) is 6.07 Å². The molecule has 0 saturated carbocycles. The molecule has 1 aromatic rings. The van der Waals surface area contributed by atoms with Crippen LogP contribution in [-0.4, -0.2) is 19.0 Å². The molecule has 0 spiro atoms. The summed E-state index contributed by atoms with van der Waals surface area (Å²) in [5, 5.41) is 17.0. The zero-order valence-corrected chi connectivity index (χ0v) is 11.5. The highest BCUT2D eigenvalue weighted by molar-refractivity contribution is 5.95. The normalized spacial score (nSPS) is 21.5. The first-order valence-corrected chi connectivity index (χ1v) is 6.20. The van der Waals surface area contributed by atoms with Crippen LogP contribution in [0.1, 0.15) is 18.4 Å². The molecule has 0 aromatic heterocycles. The van der Waals surface area contributed by atoms with Gasteiger partial charge in [0.15, 0.2) is 0 Å². The fraction of sp³-hybridized carbons (Fsp3) is 0.267. The minimum absolute atomic E-state index is 0.0603. The van der Waals surface area contributed by atoms with E-state index in [4.69, 9.17) is 14.9 Å². The Labute approximate surface area is 121 Å². The lowest BCUT2D eigenvalue weighted by atomic mass is 9.78. The van der Waals surface area contributed by atoms with E-state index in [9.17, 15) is 14.4 Å². The van der Waals surface area contributed by atoms with E-state index in [1.165, 1.54) is 32.2 Å². The maximum atomic E-state index is 14.1. The second kappa shape index (κ2) is 5.75. The first-order chi connectivity index (χ1) is 10.0. The van der Waals surface area contributed by atoms with Gasteiger partial charge in [-0.2, -0.15) is 5.26 Å². The largest absolute Gasteiger partial charge is 0.466 e. The Morgan fingerprint density at radius 2 is 2.14 bits per heavy atom. The van der Waals surface area contributed by atoms with Crippen LogP contribution >= 0.6 is 0 Å². The Balaban J connectivity index is 2.68. The molecule has 0 radical (unpaired) electrons. The number of rotatable bonds is 2. The molecular formula is C15H13FN2O3. The van der Waals surface area contributed by atoms with Crippen LogP contribution in [0.2, 0.25) is 0 Å². The average molecular weight is 288 g/mol. The first-order valence-electron chi connectivity index (χ1n) is 6.20. The zero-order valence-electron chi connectivity index (χ0n) is 11.5. The van der Waals surface area contributed by atoms with E-state index in [0.29, 0.717) is 0 Å². The Morgan fingerprint density at radius 3 is 2.71 bits per heavy atom. The fourth-order valence-electron chi connectivity index (χ4n) is 2.40. The quantitative estimate of drug-likeness (QED) is 0.847. The molecule has 1 aliphatic heterocycles. The Morgan fingerprint density at radius 1 is 1.48 bits per heavy atom. The smallest absolute Gasteiger partial charge is 0.337 e. The van der Waals surface area contributed by atoms with Crippen molar-refractivity contribution in [2.45, 2.75) is 12.8 Å². The van der Waals surface area contributed by atoms with Crippen LogP contribution in [0.25, 0.3) is 0 Å². The lowest BCUT2D eigenvalue weighted by Crippen LogP contribution is -2.33. The number of esters is 1. The van der Waals surface area contributed by atoms with Crippen LogP contribution < -0.4 is 0 Å². The van der Waals surface area contributed by atoms with Gasteiger partial charge < -0.3 is 9.47 Å². The lowest BCUT2D eigenvalue weighted by Gasteiger charge is -2.30. The standard InChI is InChI=1S/C15H13FN2O3/c1-8-12(15(19)20-2)13(10(7-17)14(18)21-8)9-5-3-4-6-11(9)16/h3-6,10,13,18H,1-2H3. The summed E-state index contributed by atoms with van der Waals surface area (Å²) in [7, 11) is 1.20. The third-order valence-electron chi connectivity index (χ3n) is 3.35. The predicted molar refractivity (Wildman–Crippen MR) is 71.8 cm³/mol. The van der Waals surface area contributed by atoms with Gasteiger partial charge in [-0.3, -0.25) is 5.41 Å². The summed E-state index contributed by atoms with van der Waals surface area (Å²) < 4.78 is 23.9. The maximum Gasteiger partial charge on any atom is 0.337 e. The van der Waals surface area contributed by atoms with Gasteiger partial charge in [0.2, 0.25) is 5.90 Å². The van der Waals surface area contributed by atoms with E-state index >= 15 is 0 Å². The minimum Gasteiger partial charge on any atom is -0.466 e. The van der Waals surface area contributed by atoms with E-state index in [1.54, 1.807) is 6.07 Å². The Kier molecular flexibility index (Phi) is 4.03. The van der Waals surface area contributed by atoms with Gasteiger partial charge >= 0.3 is 5.97 Å². The number of nitriles is 1. The van der Waals surface area contributed by atoms with Gasteiger partial charge in [-0.15, -0.1) is 0 Å². The van der Waals surface area contributed by atoms with Crippen molar-refractivity contribution < 1.29 is 18.7 Å². The molecule has 0 aliphatic carbocycles. The molecule has 1 N–H and O–H groups in total. The van der Waals surface area contributed by atoms with Crippen LogP contribution in [0.5, 0.6) is 0 Å². The van der Waals surface area contributed by atoms with Crippen molar-refractivity contribution in [2.75, 3.05) is 7.11 Å². The zero-order chi connectivity index (χ0) is 15.6. The van der Waals surface area contributed by atoms with E-state index in [1.807, 2.05) is 6.07 Å². The summed E-state index contributed by atoms with van der Waals surface area (Å²) in [6.07, 6.45) is 0. The van der Waals surface area contributed by atoms with Gasteiger partial charge in [-0.1, -0.05) is 18.2 Å². The number of carbonyl (C=O) groups excluding carboxylic acids is 1. The Bertz CT molecular complexity index is 676. The molecule has 1 heterocycles. The fourth-order valence-corrected chi connectivity index (χ4v) is 2.40. The summed E-state index contributed by atoms with van der Waals surface area (Å²) in [6.45, 7) is 1.49. The van der Waals surface area contributed by atoms with Gasteiger partial charge in [-0.25, -0.2) is 9.18 Å². The van der Waals surface area contributed by atoms with E-state index in [-0.39, 0.29) is 22.8 Å². The molecule has 2 unspecified atom stereocenters. The van der Waals surface area contributed by atoms with Crippen molar-refractivity contribution in [1.82, 2.24) is 0 Å². The van der Waals surface area contributed by atoms with Gasteiger partial charge in [-0.05, 0) is 18.6 Å². The number of benzene rings is 1. The van der Waals surface area contributed by atoms with Crippen molar-refractivity contribution in [3.05, 3.63) is 47.0 Å². The molecule has 5 nitrogen and oxygen atoms in total. The van der Waals surface area contributed by atoms with Crippen molar-refractivity contribution in [3.63, 3.8) is 0 Å². The number of ether oxygens (including phenoxy) is 2. The number of nitrogens with zero attached hydrogens (tertiary/aromatic N) is 1. The molecular weight excluding hydrogens is 275 g/mol. The summed E-state index contributed by atoms with van der Waals surface area (Å²) >= 11 is 0. The van der Waals surface area contributed by atoms with E-state index in [2.05, 4.69) is 0 Å². The van der Waals surface area contributed by atoms with Crippen LogP contribution in [0.15, 0.2) is 35.6 Å². The third-order valence-corrected chi connectivity index (χ3v) is 3.35. The van der Waals surface area contributed by atoms with Crippen molar-refractivity contribution in [1.29, 1.82) is 10.7 Å². The monoisotopic (exact) mass is 288 g/mol. The maximum absolute atomic E-state index is 14.1. The van der Waals surface area contributed by atoms with Crippen molar-refractivity contribution >= 4 is 11.9 Å². The molecule has 21 heavy (non-hydrogen) atoms. The molecule has 1 aromatic carbocycles. The second-order valence-electron chi connectivity index (χ2n) is 4.53. The number of carbonyl (C=O) groups is 1.